The van der Waals surface area contributed by atoms with E-state index in [4.69, 9.17) is 10.7 Å². The van der Waals surface area contributed by atoms with E-state index in [9.17, 15) is 10.0 Å². The van der Waals surface area contributed by atoms with Gasteiger partial charge in [0.25, 0.3) is 0 Å². The van der Waals surface area contributed by atoms with E-state index < -0.39 is 11.5 Å². The quantitative estimate of drug-likeness (QED) is 0.480. The highest BCUT2D eigenvalue weighted by Gasteiger charge is 2.18. The zero-order chi connectivity index (χ0) is 11.6. The Hall–Kier alpha value is -2.36. The van der Waals surface area contributed by atoms with Gasteiger partial charge in [0.05, 0.1) is 12.8 Å². The molecule has 1 heterocycles. The molecule has 7 heteroatoms. The van der Waals surface area contributed by atoms with E-state index in [1.807, 2.05) is 0 Å². The first-order valence-electron chi connectivity index (χ1n) is 3.88. The molecular weight excluding hydrogens is 200 g/mol. The van der Waals surface area contributed by atoms with Crippen LogP contribution >= 0.6 is 0 Å². The predicted molar refractivity (Wildman–Crippen MR) is 46.1 cm³/mol. The Labute approximate surface area is 84.6 Å². The minimum atomic E-state index is -0.819. The standard InChI is InChI=1S/C8H8N4O3/c1-4-6(8(13)15-2)12(14)7(10)5(3-9)11-4/h10,14H,1-2H3. The van der Waals surface area contributed by atoms with Crippen LogP contribution in [-0.2, 0) is 4.74 Å². The summed E-state index contributed by atoms with van der Waals surface area (Å²) in [4.78, 5) is 14.9. The number of rotatable bonds is 1. The van der Waals surface area contributed by atoms with Crippen molar-refractivity contribution in [3.8, 4) is 6.07 Å². The van der Waals surface area contributed by atoms with Crippen LogP contribution in [0.3, 0.4) is 0 Å². The van der Waals surface area contributed by atoms with Crippen LogP contribution in [0.1, 0.15) is 21.9 Å². The Kier molecular flexibility index (Phi) is 2.71. The normalized spacial score (nSPS) is 9.40. The lowest BCUT2D eigenvalue weighted by Gasteiger charge is -2.08. The number of esters is 1. The second-order valence-corrected chi connectivity index (χ2v) is 2.66. The van der Waals surface area contributed by atoms with E-state index in [1.165, 1.54) is 6.92 Å². The highest BCUT2D eigenvalue weighted by molar-refractivity contribution is 5.88. The van der Waals surface area contributed by atoms with Gasteiger partial charge in [-0.1, -0.05) is 0 Å². The van der Waals surface area contributed by atoms with E-state index in [-0.39, 0.29) is 21.8 Å². The maximum absolute atomic E-state index is 11.2. The fourth-order valence-corrected chi connectivity index (χ4v) is 1.05. The van der Waals surface area contributed by atoms with Crippen LogP contribution in [0.25, 0.3) is 0 Å². The molecule has 2 N–H and O–H groups in total. The summed E-state index contributed by atoms with van der Waals surface area (Å²) in [6.07, 6.45) is 0. The zero-order valence-electron chi connectivity index (χ0n) is 8.11. The van der Waals surface area contributed by atoms with Gasteiger partial charge in [-0.25, -0.2) is 9.78 Å². The molecule has 0 saturated heterocycles. The van der Waals surface area contributed by atoms with Crippen molar-refractivity contribution in [1.29, 1.82) is 10.7 Å². The second-order valence-electron chi connectivity index (χ2n) is 2.66. The summed E-state index contributed by atoms with van der Waals surface area (Å²) >= 11 is 0. The molecule has 78 valence electrons. The van der Waals surface area contributed by atoms with Crippen LogP contribution in [-0.4, -0.2) is 28.0 Å². The average molecular weight is 208 g/mol. The molecule has 0 fully saturated rings. The molecule has 7 nitrogen and oxygen atoms in total. The van der Waals surface area contributed by atoms with Gasteiger partial charge in [0.15, 0.2) is 16.9 Å². The molecule has 0 aromatic carbocycles. The summed E-state index contributed by atoms with van der Waals surface area (Å²) < 4.78 is 4.68. The number of aryl methyl sites for hydroxylation is 1. The van der Waals surface area contributed by atoms with Gasteiger partial charge in [0.1, 0.15) is 6.07 Å². The third kappa shape index (κ3) is 1.65. The third-order valence-electron chi connectivity index (χ3n) is 1.75. The second kappa shape index (κ2) is 3.79. The van der Waals surface area contributed by atoms with Gasteiger partial charge in [0, 0.05) is 0 Å². The van der Waals surface area contributed by atoms with Gasteiger partial charge in [-0.3, -0.25) is 5.41 Å². The van der Waals surface area contributed by atoms with Crippen molar-refractivity contribution < 1.29 is 14.7 Å². The van der Waals surface area contributed by atoms with Crippen molar-refractivity contribution in [2.24, 2.45) is 0 Å². The van der Waals surface area contributed by atoms with Gasteiger partial charge < -0.3 is 9.94 Å². The molecule has 0 aliphatic heterocycles. The maximum atomic E-state index is 11.2. The summed E-state index contributed by atoms with van der Waals surface area (Å²) in [5.74, 6) is -0.819. The van der Waals surface area contributed by atoms with E-state index in [1.54, 1.807) is 6.07 Å². The number of aromatic nitrogens is 2. The van der Waals surface area contributed by atoms with E-state index in [0.717, 1.165) is 7.11 Å². The largest absolute Gasteiger partial charge is 0.464 e. The highest BCUT2D eigenvalue weighted by Crippen LogP contribution is 2.03. The van der Waals surface area contributed by atoms with E-state index >= 15 is 0 Å². The first-order valence-corrected chi connectivity index (χ1v) is 3.88. The fourth-order valence-electron chi connectivity index (χ4n) is 1.05. The summed E-state index contributed by atoms with van der Waals surface area (Å²) in [7, 11) is 1.14. The highest BCUT2D eigenvalue weighted by atomic mass is 16.5. The lowest BCUT2D eigenvalue weighted by atomic mass is 10.3. The Balaban J connectivity index is 3.59. The summed E-state index contributed by atoms with van der Waals surface area (Å²) in [5.41, 5.74) is -0.954. The number of nitrogens with zero attached hydrogens (tertiary/aromatic N) is 3. The van der Waals surface area contributed by atoms with Crippen LogP contribution in [0, 0.1) is 23.7 Å². The van der Waals surface area contributed by atoms with Crippen molar-refractivity contribution in [2.45, 2.75) is 6.92 Å². The molecule has 0 saturated carbocycles. The molecule has 0 radical (unpaired) electrons. The minimum Gasteiger partial charge on any atom is -0.464 e. The van der Waals surface area contributed by atoms with E-state index in [2.05, 4.69) is 9.72 Å². The van der Waals surface area contributed by atoms with E-state index in [0.29, 0.717) is 0 Å². The van der Waals surface area contributed by atoms with Gasteiger partial charge in [-0.2, -0.15) is 9.99 Å². The molecule has 0 unspecified atom stereocenters. The molecule has 0 aliphatic carbocycles. The monoisotopic (exact) mass is 208 g/mol. The van der Waals surface area contributed by atoms with Gasteiger partial charge in [0.2, 0.25) is 0 Å². The first kappa shape index (κ1) is 10.7. The molecule has 1 aromatic heterocycles. The average Bonchev–Trinajstić information content (AvgIpc) is 2.23. The number of ether oxygens (including phenoxy) is 1. The van der Waals surface area contributed by atoms with Gasteiger partial charge in [-0.05, 0) is 6.92 Å². The minimum absolute atomic E-state index is 0.122. The lowest BCUT2D eigenvalue weighted by molar-refractivity contribution is 0.0533. The van der Waals surface area contributed by atoms with Crippen molar-refractivity contribution in [3.63, 3.8) is 0 Å². The van der Waals surface area contributed by atoms with Crippen LogP contribution in [0.15, 0.2) is 0 Å². The molecule has 1 aromatic rings. The van der Waals surface area contributed by atoms with Crippen molar-refractivity contribution in [2.75, 3.05) is 7.11 Å². The number of nitriles is 1. The smallest absolute Gasteiger partial charge is 0.360 e. The fraction of sp³-hybridized carbons (Fsp3) is 0.250. The van der Waals surface area contributed by atoms with Crippen molar-refractivity contribution >= 4 is 5.97 Å². The maximum Gasteiger partial charge on any atom is 0.360 e. The number of carbonyl (C=O) groups is 1. The Morgan fingerprint density at radius 2 is 2.33 bits per heavy atom. The zero-order valence-corrected chi connectivity index (χ0v) is 8.11. The molecule has 1 rings (SSSR count). The molecule has 0 bridgehead atoms. The number of carbonyl (C=O) groups excluding carboxylic acids is 1. The number of hydrogen-bond donors (Lipinski definition) is 2. The van der Waals surface area contributed by atoms with Crippen molar-refractivity contribution in [1.82, 2.24) is 9.71 Å². The summed E-state index contributed by atoms with van der Waals surface area (Å²) in [6, 6.07) is 1.63. The molecule has 0 spiro atoms. The molecule has 0 aliphatic rings. The van der Waals surface area contributed by atoms with Crippen LogP contribution in [0.4, 0.5) is 0 Å². The molecule has 15 heavy (non-hydrogen) atoms. The number of nitrogens with one attached hydrogen (secondary N) is 1. The predicted octanol–water partition coefficient (Wildman–Crippen LogP) is -0.433. The SMILES string of the molecule is COC(=O)c1c(C)nc(C#N)c(=N)n1O. The Morgan fingerprint density at radius 3 is 2.80 bits per heavy atom. The lowest BCUT2D eigenvalue weighted by Crippen LogP contribution is -2.29. The summed E-state index contributed by atoms with van der Waals surface area (Å²) in [6.45, 7) is 1.43. The first-order chi connectivity index (χ1) is 7.02. The molecule has 0 atom stereocenters. The summed E-state index contributed by atoms with van der Waals surface area (Å²) in [5, 5.41) is 25.3. The van der Waals surface area contributed by atoms with Crippen LogP contribution in [0.2, 0.25) is 0 Å². The topological polar surface area (TPSA) is 112 Å². The number of hydrogen-bond acceptors (Lipinski definition) is 6. The molecular formula is C8H8N4O3. The van der Waals surface area contributed by atoms with Crippen LogP contribution in [0.5, 0.6) is 0 Å². The van der Waals surface area contributed by atoms with Crippen LogP contribution < -0.4 is 5.49 Å². The molecule has 0 amide bonds. The third-order valence-corrected chi connectivity index (χ3v) is 1.75. The van der Waals surface area contributed by atoms with Crippen molar-refractivity contribution in [3.05, 3.63) is 22.6 Å². The Bertz CT molecular complexity index is 512. The number of methoxy groups -OCH3 is 1. The van der Waals surface area contributed by atoms with Gasteiger partial charge in [-0.15, -0.1) is 0 Å². The van der Waals surface area contributed by atoms with Gasteiger partial charge >= 0.3 is 5.97 Å². The Morgan fingerprint density at radius 1 is 1.73 bits per heavy atom.